The van der Waals surface area contributed by atoms with Gasteiger partial charge in [-0.3, -0.25) is 14.4 Å². The summed E-state index contributed by atoms with van der Waals surface area (Å²) >= 11 is 0. The van der Waals surface area contributed by atoms with Crippen LogP contribution in [0, 0.1) is 0 Å². The van der Waals surface area contributed by atoms with Crippen LogP contribution in [0.25, 0.3) is 0 Å². The number of hydrogen-bond donors (Lipinski definition) is 4. The van der Waals surface area contributed by atoms with E-state index in [9.17, 15) is 24.6 Å². The molecule has 0 radical (unpaired) electrons. The lowest BCUT2D eigenvalue weighted by Gasteiger charge is -2.18. The first-order valence-electron chi connectivity index (χ1n) is 8.66. The van der Waals surface area contributed by atoms with Crippen molar-refractivity contribution in [1.29, 1.82) is 0 Å². The van der Waals surface area contributed by atoms with E-state index in [0.29, 0.717) is 0 Å². The van der Waals surface area contributed by atoms with Crippen molar-refractivity contribution in [2.75, 3.05) is 0 Å². The molecule has 2 rings (SSSR count). The van der Waals surface area contributed by atoms with Gasteiger partial charge in [0.25, 0.3) is 0 Å². The summed E-state index contributed by atoms with van der Waals surface area (Å²) in [6.45, 7) is 0.123. The molecule has 0 saturated carbocycles. The molecule has 8 heteroatoms. The lowest BCUT2D eigenvalue weighted by molar-refractivity contribution is -0.147. The van der Waals surface area contributed by atoms with Crippen molar-refractivity contribution in [3.63, 3.8) is 0 Å². The lowest BCUT2D eigenvalue weighted by atomic mass is 10.1. The molecule has 2 aromatic rings. The molecule has 8 nitrogen and oxygen atoms in total. The second kappa shape index (κ2) is 10.8. The van der Waals surface area contributed by atoms with Gasteiger partial charge in [-0.1, -0.05) is 60.7 Å². The highest BCUT2D eigenvalue weighted by molar-refractivity contribution is 5.87. The van der Waals surface area contributed by atoms with E-state index in [0.717, 1.165) is 11.1 Å². The first-order valence-corrected chi connectivity index (χ1v) is 8.66. The van der Waals surface area contributed by atoms with Crippen molar-refractivity contribution in [2.45, 2.75) is 31.5 Å². The number of aliphatic carboxylic acids is 2. The molecule has 0 aromatic heterocycles. The number of carbonyl (C=O) groups excluding carboxylic acids is 1. The van der Waals surface area contributed by atoms with Crippen LogP contribution < -0.4 is 10.8 Å². The summed E-state index contributed by atoms with van der Waals surface area (Å²) in [4.78, 5) is 40.1. The first-order chi connectivity index (χ1) is 13.5. The fourth-order valence-electron chi connectivity index (χ4n) is 2.47. The highest BCUT2D eigenvalue weighted by atomic mass is 16.6. The molecule has 0 fully saturated rings. The Morgan fingerprint density at radius 3 is 1.89 bits per heavy atom. The van der Waals surface area contributed by atoms with Gasteiger partial charge in [-0.2, -0.15) is 5.48 Å². The molecule has 2 aromatic carbocycles. The Hall–Kier alpha value is -3.23. The number of hydrogen-bond acceptors (Lipinski definition) is 5. The average Bonchev–Trinajstić information content (AvgIpc) is 2.68. The summed E-state index contributed by atoms with van der Waals surface area (Å²) < 4.78 is 0. The molecule has 0 unspecified atom stereocenters. The molecule has 0 spiro atoms. The summed E-state index contributed by atoms with van der Waals surface area (Å²) in [5.74, 6) is -3.18. The Bertz CT molecular complexity index is 782. The third-order valence-electron chi connectivity index (χ3n) is 3.91. The van der Waals surface area contributed by atoms with E-state index in [2.05, 4.69) is 10.8 Å². The SMILES string of the molecule is O=C(C[C@H](NOCc1ccccc1)C(=O)O)N[C@@H](Cc1ccccc1)C(=O)O. The predicted octanol–water partition coefficient (Wildman–Crippen LogP) is 1.36. The Morgan fingerprint density at radius 2 is 1.36 bits per heavy atom. The van der Waals surface area contributed by atoms with Crippen molar-refractivity contribution in [3.05, 3.63) is 71.8 Å². The number of carboxylic acid groups (broad SMARTS) is 2. The molecular formula is C20H22N2O6. The first kappa shape index (κ1) is 21.1. The smallest absolute Gasteiger partial charge is 0.326 e. The van der Waals surface area contributed by atoms with Crippen LogP contribution in [0.3, 0.4) is 0 Å². The zero-order valence-electron chi connectivity index (χ0n) is 15.1. The van der Waals surface area contributed by atoms with E-state index in [4.69, 9.17) is 4.84 Å². The van der Waals surface area contributed by atoms with Crippen LogP contribution in [0.15, 0.2) is 60.7 Å². The quantitative estimate of drug-likeness (QED) is 0.430. The summed E-state index contributed by atoms with van der Waals surface area (Å²) in [7, 11) is 0. The normalized spacial score (nSPS) is 12.7. The molecule has 0 aliphatic rings. The fourth-order valence-corrected chi connectivity index (χ4v) is 2.47. The summed E-state index contributed by atoms with van der Waals surface area (Å²) in [6.07, 6.45) is -0.375. The van der Waals surface area contributed by atoms with Crippen molar-refractivity contribution in [3.8, 4) is 0 Å². The zero-order chi connectivity index (χ0) is 20.4. The Labute approximate surface area is 162 Å². The van der Waals surface area contributed by atoms with E-state index in [-0.39, 0.29) is 13.0 Å². The van der Waals surface area contributed by atoms with Gasteiger partial charge in [-0.25, -0.2) is 4.79 Å². The number of amides is 1. The number of nitrogens with one attached hydrogen (secondary N) is 2. The average molecular weight is 386 g/mol. The maximum absolute atomic E-state index is 12.2. The monoisotopic (exact) mass is 386 g/mol. The van der Waals surface area contributed by atoms with E-state index in [1.54, 1.807) is 30.3 Å². The minimum absolute atomic E-state index is 0.0948. The molecule has 0 saturated heterocycles. The minimum Gasteiger partial charge on any atom is -0.480 e. The number of carbonyl (C=O) groups is 3. The highest BCUT2D eigenvalue weighted by Gasteiger charge is 2.25. The highest BCUT2D eigenvalue weighted by Crippen LogP contribution is 2.05. The van der Waals surface area contributed by atoms with Crippen LogP contribution in [-0.4, -0.2) is 40.1 Å². The third kappa shape index (κ3) is 7.18. The Kier molecular flexibility index (Phi) is 8.13. The van der Waals surface area contributed by atoms with Crippen LogP contribution in [0.2, 0.25) is 0 Å². The van der Waals surface area contributed by atoms with Crippen LogP contribution in [0.4, 0.5) is 0 Å². The van der Waals surface area contributed by atoms with Gasteiger partial charge in [-0.05, 0) is 11.1 Å². The Balaban J connectivity index is 1.87. The van der Waals surface area contributed by atoms with Crippen molar-refractivity contribution in [1.82, 2.24) is 10.8 Å². The fraction of sp³-hybridized carbons (Fsp3) is 0.250. The van der Waals surface area contributed by atoms with E-state index >= 15 is 0 Å². The number of benzene rings is 2. The molecule has 28 heavy (non-hydrogen) atoms. The zero-order valence-corrected chi connectivity index (χ0v) is 15.1. The Morgan fingerprint density at radius 1 is 0.821 bits per heavy atom. The van der Waals surface area contributed by atoms with Gasteiger partial charge < -0.3 is 15.5 Å². The van der Waals surface area contributed by atoms with Gasteiger partial charge in [0.15, 0.2) is 0 Å². The van der Waals surface area contributed by atoms with Crippen LogP contribution >= 0.6 is 0 Å². The van der Waals surface area contributed by atoms with Crippen LogP contribution in [-0.2, 0) is 32.2 Å². The summed E-state index contributed by atoms with van der Waals surface area (Å²) in [6, 6.07) is 15.5. The summed E-state index contributed by atoms with van der Waals surface area (Å²) in [5.41, 5.74) is 3.92. The second-order valence-corrected chi connectivity index (χ2v) is 6.14. The maximum atomic E-state index is 12.2. The lowest BCUT2D eigenvalue weighted by Crippen LogP contribution is -2.46. The number of rotatable bonds is 11. The van der Waals surface area contributed by atoms with Crippen molar-refractivity contribution in [2.24, 2.45) is 0 Å². The van der Waals surface area contributed by atoms with Crippen LogP contribution in [0.1, 0.15) is 17.5 Å². The maximum Gasteiger partial charge on any atom is 0.326 e. The van der Waals surface area contributed by atoms with Gasteiger partial charge in [0.2, 0.25) is 5.91 Å². The van der Waals surface area contributed by atoms with Gasteiger partial charge in [0.1, 0.15) is 12.1 Å². The molecule has 0 heterocycles. The number of carboxylic acids is 2. The van der Waals surface area contributed by atoms with Gasteiger partial charge in [0, 0.05) is 6.42 Å². The largest absolute Gasteiger partial charge is 0.480 e. The van der Waals surface area contributed by atoms with E-state index in [1.165, 1.54) is 0 Å². The van der Waals surface area contributed by atoms with Crippen LogP contribution in [0.5, 0.6) is 0 Å². The van der Waals surface area contributed by atoms with Gasteiger partial charge >= 0.3 is 11.9 Å². The van der Waals surface area contributed by atoms with Crippen molar-refractivity contribution < 1.29 is 29.4 Å². The summed E-state index contributed by atoms with van der Waals surface area (Å²) in [5, 5.41) is 20.9. The molecule has 0 bridgehead atoms. The van der Waals surface area contributed by atoms with Gasteiger partial charge in [-0.15, -0.1) is 0 Å². The van der Waals surface area contributed by atoms with E-state index in [1.807, 2.05) is 30.3 Å². The molecule has 0 aliphatic heterocycles. The van der Waals surface area contributed by atoms with E-state index < -0.39 is 36.4 Å². The number of hydroxylamine groups is 1. The second-order valence-electron chi connectivity index (χ2n) is 6.14. The molecule has 1 amide bonds. The minimum atomic E-state index is -1.31. The molecule has 148 valence electrons. The standard InChI is InChI=1S/C20H22N2O6/c23-18(21-16(19(24)25)11-14-7-3-1-4-8-14)12-17(20(26)27)22-28-13-15-9-5-2-6-10-15/h1-10,16-17,22H,11-13H2,(H,21,23)(H,24,25)(H,26,27)/t16-,17-/m0/s1. The third-order valence-corrected chi connectivity index (χ3v) is 3.91. The van der Waals surface area contributed by atoms with Crippen molar-refractivity contribution >= 4 is 17.8 Å². The molecule has 4 N–H and O–H groups in total. The molecular weight excluding hydrogens is 364 g/mol. The molecule has 0 aliphatic carbocycles. The van der Waals surface area contributed by atoms with Gasteiger partial charge in [0.05, 0.1) is 13.0 Å². The molecule has 2 atom stereocenters. The predicted molar refractivity (Wildman–Crippen MR) is 100 cm³/mol. The topological polar surface area (TPSA) is 125 Å².